The summed E-state index contributed by atoms with van der Waals surface area (Å²) in [7, 11) is 1.39. The first-order chi connectivity index (χ1) is 15.3. The van der Waals surface area contributed by atoms with E-state index in [9.17, 15) is 14.7 Å². The average molecular weight is 454 g/mol. The molecule has 0 saturated carbocycles. The van der Waals surface area contributed by atoms with E-state index in [4.69, 9.17) is 16.3 Å². The van der Waals surface area contributed by atoms with Crippen molar-refractivity contribution in [2.24, 2.45) is 0 Å². The van der Waals surface area contributed by atoms with E-state index < -0.39 is 23.3 Å². The minimum Gasteiger partial charge on any atom is -0.501 e. The Hall–Kier alpha value is -3.32. The molecule has 4 rings (SSSR count). The molecule has 2 aromatic carbocycles. The van der Waals surface area contributed by atoms with Crippen molar-refractivity contribution in [3.8, 4) is 11.8 Å². The van der Waals surface area contributed by atoms with Crippen molar-refractivity contribution in [2.75, 3.05) is 13.7 Å². The molecule has 0 saturated heterocycles. The smallest absolute Gasteiger partial charge is 0.318 e. The lowest BCUT2D eigenvalue weighted by Gasteiger charge is -2.42. The zero-order valence-electron chi connectivity index (χ0n) is 18.0. The number of carbonyl (C=O) groups excluding carboxylic acids is 1. The summed E-state index contributed by atoms with van der Waals surface area (Å²) in [5.74, 6) is -1.34. The standard InChI is InChI=1S/C24H24ClN3O4/c1-14(2)27-13-18(28-20(23(27)31)21(29)22(30)26-24(28)32-3)19(15-7-5-4-6-8-15)16-9-11-17(25)12-10-16/h4-12,14,18-19,29H,13H2,1-3H3/t18-,19-/m1/s1. The number of hydrogen-bond acceptors (Lipinski definition) is 5. The van der Waals surface area contributed by atoms with Gasteiger partial charge in [-0.15, -0.1) is 0 Å². The molecule has 0 spiro atoms. The third-order valence-corrected chi connectivity index (χ3v) is 6.08. The fourth-order valence-electron chi connectivity index (χ4n) is 4.33. The van der Waals surface area contributed by atoms with E-state index in [1.165, 1.54) is 7.11 Å². The van der Waals surface area contributed by atoms with Crippen LogP contribution >= 0.6 is 11.6 Å². The monoisotopic (exact) mass is 453 g/mol. The van der Waals surface area contributed by atoms with Gasteiger partial charge in [-0.2, -0.15) is 4.98 Å². The van der Waals surface area contributed by atoms with Gasteiger partial charge in [0.25, 0.3) is 5.91 Å². The number of amides is 1. The molecule has 1 aromatic heterocycles. The lowest BCUT2D eigenvalue weighted by atomic mass is 9.83. The summed E-state index contributed by atoms with van der Waals surface area (Å²) in [6, 6.07) is 16.8. The van der Waals surface area contributed by atoms with Gasteiger partial charge < -0.3 is 14.7 Å². The molecule has 2 heterocycles. The summed E-state index contributed by atoms with van der Waals surface area (Å²) in [5, 5.41) is 11.2. The molecule has 166 valence electrons. The fraction of sp³-hybridized carbons (Fsp3) is 0.292. The molecule has 32 heavy (non-hydrogen) atoms. The van der Waals surface area contributed by atoms with Crippen LogP contribution < -0.4 is 10.3 Å². The molecule has 3 aromatic rings. The molecule has 7 nitrogen and oxygen atoms in total. The second-order valence-electron chi connectivity index (χ2n) is 8.03. The second-order valence-corrected chi connectivity index (χ2v) is 8.47. The number of aromatic hydroxyl groups is 1. The molecule has 1 N–H and O–H groups in total. The first-order valence-electron chi connectivity index (χ1n) is 10.3. The van der Waals surface area contributed by atoms with Crippen LogP contribution in [-0.2, 0) is 0 Å². The second kappa shape index (κ2) is 8.67. The highest BCUT2D eigenvalue weighted by molar-refractivity contribution is 6.30. The molecule has 0 fully saturated rings. The highest BCUT2D eigenvalue weighted by atomic mass is 35.5. The molecular formula is C24H24ClN3O4. The fourth-order valence-corrected chi connectivity index (χ4v) is 4.46. The van der Waals surface area contributed by atoms with Gasteiger partial charge in [0, 0.05) is 23.5 Å². The first-order valence-corrected chi connectivity index (χ1v) is 10.7. The zero-order valence-corrected chi connectivity index (χ0v) is 18.8. The number of nitrogens with zero attached hydrogens (tertiary/aromatic N) is 3. The molecule has 0 unspecified atom stereocenters. The lowest BCUT2D eigenvalue weighted by molar-refractivity contribution is 0.0572. The lowest BCUT2D eigenvalue weighted by Crippen LogP contribution is -2.49. The van der Waals surface area contributed by atoms with E-state index in [-0.39, 0.29) is 23.7 Å². The van der Waals surface area contributed by atoms with Gasteiger partial charge in [-0.05, 0) is 37.1 Å². The van der Waals surface area contributed by atoms with Crippen LogP contribution in [0.15, 0.2) is 59.4 Å². The van der Waals surface area contributed by atoms with Crippen molar-refractivity contribution in [1.82, 2.24) is 14.5 Å². The number of methoxy groups -OCH3 is 1. The van der Waals surface area contributed by atoms with Crippen LogP contribution in [0, 0.1) is 0 Å². The third-order valence-electron chi connectivity index (χ3n) is 5.83. The van der Waals surface area contributed by atoms with Gasteiger partial charge in [-0.1, -0.05) is 54.1 Å². The quantitative estimate of drug-likeness (QED) is 0.634. The molecule has 0 aliphatic carbocycles. The van der Waals surface area contributed by atoms with E-state index in [1.807, 2.05) is 68.4 Å². The summed E-state index contributed by atoms with van der Waals surface area (Å²) in [4.78, 5) is 31.1. The maximum absolute atomic E-state index is 13.3. The highest BCUT2D eigenvalue weighted by Crippen LogP contribution is 2.42. The van der Waals surface area contributed by atoms with Gasteiger partial charge in [0.2, 0.25) is 5.75 Å². The SMILES string of the molecule is COc1nc(=O)c(O)c2n1[C@@H]([C@H](c1ccccc1)c1ccc(Cl)cc1)CN(C(C)C)C2=O. The van der Waals surface area contributed by atoms with Crippen LogP contribution in [0.2, 0.25) is 5.02 Å². The van der Waals surface area contributed by atoms with Gasteiger partial charge in [0.15, 0.2) is 5.69 Å². The van der Waals surface area contributed by atoms with E-state index in [1.54, 1.807) is 9.47 Å². The van der Waals surface area contributed by atoms with Crippen molar-refractivity contribution in [3.05, 3.63) is 86.8 Å². The van der Waals surface area contributed by atoms with Gasteiger partial charge in [-0.25, -0.2) is 0 Å². The van der Waals surface area contributed by atoms with Crippen molar-refractivity contribution in [3.63, 3.8) is 0 Å². The summed E-state index contributed by atoms with van der Waals surface area (Å²) < 4.78 is 6.97. The first kappa shape index (κ1) is 21.9. The number of fused-ring (bicyclic) bond motifs is 1. The maximum atomic E-state index is 13.3. The average Bonchev–Trinajstić information content (AvgIpc) is 2.79. The molecule has 2 atom stereocenters. The van der Waals surface area contributed by atoms with Gasteiger partial charge in [0.05, 0.1) is 13.2 Å². The van der Waals surface area contributed by atoms with Gasteiger partial charge in [0.1, 0.15) is 0 Å². The topological polar surface area (TPSA) is 84.7 Å². The number of halogens is 1. The van der Waals surface area contributed by atoms with E-state index in [2.05, 4.69) is 4.98 Å². The Morgan fingerprint density at radius 1 is 1.06 bits per heavy atom. The minimum atomic E-state index is -0.895. The molecule has 1 aliphatic heterocycles. The minimum absolute atomic E-state index is 0.0144. The number of hydrogen-bond donors (Lipinski definition) is 1. The van der Waals surface area contributed by atoms with Crippen LogP contribution in [-0.4, -0.2) is 45.2 Å². The Kier molecular flexibility index (Phi) is 5.93. The van der Waals surface area contributed by atoms with Crippen molar-refractivity contribution < 1.29 is 14.6 Å². The van der Waals surface area contributed by atoms with Crippen LogP contribution in [0.25, 0.3) is 0 Å². The molecule has 1 aliphatic rings. The summed E-state index contributed by atoms with van der Waals surface area (Å²) >= 11 is 6.14. The largest absolute Gasteiger partial charge is 0.501 e. The Labute approximate surface area is 190 Å². The van der Waals surface area contributed by atoms with Crippen LogP contribution in [0.3, 0.4) is 0 Å². The molecule has 1 amide bonds. The van der Waals surface area contributed by atoms with Crippen molar-refractivity contribution in [2.45, 2.75) is 31.8 Å². The predicted octanol–water partition coefficient (Wildman–Crippen LogP) is 3.85. The normalized spacial score (nSPS) is 16.7. The maximum Gasteiger partial charge on any atom is 0.318 e. The number of ether oxygens (including phenoxy) is 1. The molecule has 0 radical (unpaired) electrons. The number of aromatic nitrogens is 2. The summed E-state index contributed by atoms with van der Waals surface area (Å²) in [5.41, 5.74) is 0.967. The Bertz CT molecular complexity index is 1190. The van der Waals surface area contributed by atoms with E-state index in [0.717, 1.165) is 11.1 Å². The predicted molar refractivity (Wildman–Crippen MR) is 122 cm³/mol. The van der Waals surface area contributed by atoms with Crippen molar-refractivity contribution >= 4 is 17.5 Å². The number of benzene rings is 2. The van der Waals surface area contributed by atoms with E-state index in [0.29, 0.717) is 11.6 Å². The highest BCUT2D eigenvalue weighted by Gasteiger charge is 2.41. The Morgan fingerprint density at radius 2 is 1.69 bits per heavy atom. The van der Waals surface area contributed by atoms with Crippen molar-refractivity contribution in [1.29, 1.82) is 0 Å². The van der Waals surface area contributed by atoms with Crippen LogP contribution in [0.4, 0.5) is 0 Å². The zero-order chi connectivity index (χ0) is 23.0. The third kappa shape index (κ3) is 3.73. The molecule has 0 bridgehead atoms. The Balaban J connectivity index is 2.02. The van der Waals surface area contributed by atoms with Crippen LogP contribution in [0.5, 0.6) is 11.8 Å². The van der Waals surface area contributed by atoms with E-state index >= 15 is 0 Å². The number of rotatable bonds is 5. The molecular weight excluding hydrogens is 430 g/mol. The molecule has 8 heteroatoms. The number of carbonyl (C=O) groups is 1. The van der Waals surface area contributed by atoms with Gasteiger partial charge in [-0.3, -0.25) is 14.2 Å². The van der Waals surface area contributed by atoms with Gasteiger partial charge >= 0.3 is 11.6 Å². The van der Waals surface area contributed by atoms with Crippen LogP contribution in [0.1, 0.15) is 47.4 Å². The summed E-state index contributed by atoms with van der Waals surface area (Å²) in [6.07, 6.45) is 0. The Morgan fingerprint density at radius 3 is 2.28 bits per heavy atom. The summed E-state index contributed by atoms with van der Waals surface area (Å²) in [6.45, 7) is 4.14.